The zero-order valence-corrected chi connectivity index (χ0v) is 13.7. The molecule has 1 rings (SSSR count). The molecule has 0 fully saturated rings. The lowest BCUT2D eigenvalue weighted by Crippen LogP contribution is -2.31. The van der Waals surface area contributed by atoms with Gasteiger partial charge in [0, 0.05) is 6.61 Å². The van der Waals surface area contributed by atoms with E-state index in [-0.39, 0.29) is 0 Å². The molecule has 3 nitrogen and oxygen atoms in total. The van der Waals surface area contributed by atoms with Crippen molar-refractivity contribution in [2.45, 2.75) is 39.2 Å². The highest BCUT2D eigenvalue weighted by Gasteiger charge is 2.33. The topological polar surface area (TPSA) is 35.0 Å². The summed E-state index contributed by atoms with van der Waals surface area (Å²) >= 11 is 14.1. The quantitative estimate of drug-likeness (QED) is 0.552. The minimum atomic E-state index is -0.494. The molecule has 17 heavy (non-hydrogen) atoms. The second-order valence-electron chi connectivity index (χ2n) is 3.58. The second kappa shape index (κ2) is 6.50. The molecule has 0 saturated heterocycles. The van der Waals surface area contributed by atoms with Gasteiger partial charge in [-0.1, -0.05) is 37.0 Å². The van der Waals surface area contributed by atoms with Crippen LogP contribution in [0.4, 0.5) is 0 Å². The van der Waals surface area contributed by atoms with Crippen molar-refractivity contribution in [1.82, 2.24) is 9.97 Å². The highest BCUT2D eigenvalue weighted by atomic mass is 127. The maximum atomic E-state index is 6.04. The molecule has 0 aliphatic rings. The van der Waals surface area contributed by atoms with Gasteiger partial charge in [-0.3, -0.25) is 0 Å². The van der Waals surface area contributed by atoms with Crippen molar-refractivity contribution < 1.29 is 4.74 Å². The Bertz CT molecular complexity index is 374. The second-order valence-corrected chi connectivity index (χ2v) is 5.37. The normalized spacial score (nSPS) is 11.9. The van der Waals surface area contributed by atoms with Crippen molar-refractivity contribution in [1.29, 1.82) is 0 Å². The molecule has 0 amide bonds. The van der Waals surface area contributed by atoms with Gasteiger partial charge in [-0.05, 0) is 42.4 Å². The van der Waals surface area contributed by atoms with Gasteiger partial charge >= 0.3 is 0 Å². The molecule has 0 bridgehead atoms. The zero-order chi connectivity index (χ0) is 13.1. The summed E-state index contributed by atoms with van der Waals surface area (Å²) in [5.74, 6) is 0.569. The van der Waals surface area contributed by atoms with E-state index in [0.29, 0.717) is 26.3 Å². The van der Waals surface area contributed by atoms with Gasteiger partial charge in [0.05, 0.1) is 3.57 Å². The SMILES string of the molecule is CCOC(CC)(CC)c1nc(Cl)c(I)c(Cl)n1. The van der Waals surface area contributed by atoms with Gasteiger partial charge in [0.1, 0.15) is 15.9 Å². The average molecular weight is 389 g/mol. The van der Waals surface area contributed by atoms with Crippen LogP contribution in [0.25, 0.3) is 0 Å². The zero-order valence-electron chi connectivity index (χ0n) is 10.1. The Hall–Kier alpha value is 0.350. The standard InChI is InChI=1S/C11H15Cl2IN2O/c1-4-11(5-2,17-6-3)10-15-8(12)7(14)9(13)16-10/h4-6H2,1-3H3. The summed E-state index contributed by atoms with van der Waals surface area (Å²) in [7, 11) is 0. The van der Waals surface area contributed by atoms with Gasteiger partial charge in [-0.2, -0.15) is 0 Å². The highest BCUT2D eigenvalue weighted by Crippen LogP contribution is 2.33. The fourth-order valence-corrected chi connectivity index (χ4v) is 2.34. The van der Waals surface area contributed by atoms with Crippen LogP contribution in [0.2, 0.25) is 10.3 Å². The Balaban J connectivity index is 3.28. The van der Waals surface area contributed by atoms with Crippen molar-refractivity contribution in [2.75, 3.05) is 6.61 Å². The Morgan fingerprint density at radius 3 is 1.94 bits per heavy atom. The van der Waals surface area contributed by atoms with Crippen molar-refractivity contribution in [2.24, 2.45) is 0 Å². The number of hydrogen-bond acceptors (Lipinski definition) is 3. The number of halogens is 3. The van der Waals surface area contributed by atoms with E-state index in [1.807, 2.05) is 43.4 Å². The Labute approximate surface area is 125 Å². The lowest BCUT2D eigenvalue weighted by Gasteiger charge is -2.30. The highest BCUT2D eigenvalue weighted by molar-refractivity contribution is 14.1. The van der Waals surface area contributed by atoms with Crippen LogP contribution in [0, 0.1) is 3.57 Å². The van der Waals surface area contributed by atoms with Gasteiger partial charge in [0.15, 0.2) is 5.82 Å². The van der Waals surface area contributed by atoms with E-state index in [9.17, 15) is 0 Å². The summed E-state index contributed by atoms with van der Waals surface area (Å²) in [4.78, 5) is 8.61. The van der Waals surface area contributed by atoms with Crippen LogP contribution >= 0.6 is 45.8 Å². The van der Waals surface area contributed by atoms with E-state index < -0.39 is 5.60 Å². The lowest BCUT2D eigenvalue weighted by molar-refractivity contribution is -0.0571. The first kappa shape index (κ1) is 15.4. The van der Waals surface area contributed by atoms with E-state index in [2.05, 4.69) is 9.97 Å². The molecular weight excluding hydrogens is 374 g/mol. The molecule has 0 aliphatic heterocycles. The predicted octanol–water partition coefficient (Wildman–Crippen LogP) is 4.44. The Kier molecular flexibility index (Phi) is 5.89. The van der Waals surface area contributed by atoms with Gasteiger partial charge < -0.3 is 4.74 Å². The molecule has 0 N–H and O–H groups in total. The first-order valence-corrected chi connectivity index (χ1v) is 7.37. The third-order valence-corrected chi connectivity index (χ3v) is 4.95. The third kappa shape index (κ3) is 3.22. The molecule has 0 atom stereocenters. The molecule has 0 saturated carbocycles. The molecule has 0 aliphatic carbocycles. The molecule has 1 aromatic heterocycles. The first-order chi connectivity index (χ1) is 8.00. The maximum Gasteiger partial charge on any atom is 0.163 e. The van der Waals surface area contributed by atoms with E-state index in [1.54, 1.807) is 0 Å². The molecule has 1 aromatic rings. The Morgan fingerprint density at radius 2 is 1.59 bits per heavy atom. The van der Waals surface area contributed by atoms with Crippen molar-refractivity contribution >= 4 is 45.8 Å². The molecule has 96 valence electrons. The third-order valence-electron chi connectivity index (χ3n) is 2.74. The smallest absolute Gasteiger partial charge is 0.163 e. The average Bonchev–Trinajstić information content (AvgIpc) is 2.32. The molecule has 6 heteroatoms. The summed E-state index contributed by atoms with van der Waals surface area (Å²) < 4.78 is 6.49. The summed E-state index contributed by atoms with van der Waals surface area (Å²) in [6, 6.07) is 0. The fourth-order valence-electron chi connectivity index (χ4n) is 1.71. The first-order valence-electron chi connectivity index (χ1n) is 5.53. The molecule has 1 heterocycles. The minimum Gasteiger partial charge on any atom is -0.367 e. The molecule has 0 spiro atoms. The number of hydrogen-bond donors (Lipinski definition) is 0. The van der Waals surface area contributed by atoms with Crippen LogP contribution in [0.5, 0.6) is 0 Å². The number of nitrogens with zero attached hydrogens (tertiary/aromatic N) is 2. The van der Waals surface area contributed by atoms with Gasteiger partial charge in [-0.15, -0.1) is 0 Å². The summed E-state index contributed by atoms with van der Waals surface area (Å²) in [6.45, 7) is 6.65. The van der Waals surface area contributed by atoms with Crippen LogP contribution < -0.4 is 0 Å². The number of ether oxygens (including phenoxy) is 1. The van der Waals surface area contributed by atoms with Crippen molar-refractivity contribution in [3.63, 3.8) is 0 Å². The lowest BCUT2D eigenvalue weighted by atomic mass is 9.96. The fraction of sp³-hybridized carbons (Fsp3) is 0.636. The van der Waals surface area contributed by atoms with E-state index >= 15 is 0 Å². The van der Waals surface area contributed by atoms with Crippen molar-refractivity contribution in [3.8, 4) is 0 Å². The molecule has 0 unspecified atom stereocenters. The van der Waals surface area contributed by atoms with Crippen LogP contribution in [0.15, 0.2) is 0 Å². The van der Waals surface area contributed by atoms with Crippen LogP contribution in [-0.2, 0) is 10.3 Å². The van der Waals surface area contributed by atoms with E-state index in [0.717, 1.165) is 12.8 Å². The van der Waals surface area contributed by atoms with Crippen LogP contribution in [0.3, 0.4) is 0 Å². The van der Waals surface area contributed by atoms with Crippen LogP contribution in [0.1, 0.15) is 39.4 Å². The van der Waals surface area contributed by atoms with Gasteiger partial charge in [0.25, 0.3) is 0 Å². The van der Waals surface area contributed by atoms with Gasteiger partial charge in [-0.25, -0.2) is 9.97 Å². The number of aromatic nitrogens is 2. The summed E-state index contributed by atoms with van der Waals surface area (Å²) in [5, 5.41) is 0.762. The van der Waals surface area contributed by atoms with E-state index in [1.165, 1.54) is 0 Å². The van der Waals surface area contributed by atoms with E-state index in [4.69, 9.17) is 27.9 Å². The monoisotopic (exact) mass is 388 g/mol. The predicted molar refractivity (Wildman–Crippen MR) is 78.7 cm³/mol. The maximum absolute atomic E-state index is 6.04. The minimum absolute atomic E-state index is 0.381. The largest absolute Gasteiger partial charge is 0.367 e. The molecule has 0 radical (unpaired) electrons. The molecular formula is C11H15Cl2IN2O. The summed E-state index contributed by atoms with van der Waals surface area (Å²) in [5.41, 5.74) is -0.494. The summed E-state index contributed by atoms with van der Waals surface area (Å²) in [6.07, 6.45) is 1.56. The Morgan fingerprint density at radius 1 is 1.12 bits per heavy atom. The number of rotatable bonds is 5. The van der Waals surface area contributed by atoms with Crippen LogP contribution in [-0.4, -0.2) is 16.6 Å². The van der Waals surface area contributed by atoms with Gasteiger partial charge in [0.2, 0.25) is 0 Å². The van der Waals surface area contributed by atoms with Crippen molar-refractivity contribution in [3.05, 3.63) is 19.7 Å². The molecule has 0 aromatic carbocycles.